The van der Waals surface area contributed by atoms with E-state index in [0.717, 1.165) is 22.8 Å². The lowest BCUT2D eigenvalue weighted by atomic mass is 10.1. The Bertz CT molecular complexity index is 621. The Morgan fingerprint density at radius 1 is 1.55 bits per heavy atom. The van der Waals surface area contributed by atoms with Crippen LogP contribution in [-0.2, 0) is 7.05 Å². The third-order valence-electron chi connectivity index (χ3n) is 3.34. The van der Waals surface area contributed by atoms with Crippen LogP contribution in [0.15, 0.2) is 23.0 Å². The van der Waals surface area contributed by atoms with Crippen LogP contribution in [0.5, 0.6) is 0 Å². The molecular formula is C13H16N4O2S. The Balaban J connectivity index is 1.87. The van der Waals surface area contributed by atoms with E-state index >= 15 is 0 Å². The quantitative estimate of drug-likeness (QED) is 0.842. The van der Waals surface area contributed by atoms with Crippen molar-refractivity contribution in [3.63, 3.8) is 0 Å². The molecular weight excluding hydrogens is 276 g/mol. The van der Waals surface area contributed by atoms with Gasteiger partial charge in [-0.2, -0.15) is 16.9 Å². The van der Waals surface area contributed by atoms with Crippen LogP contribution in [0, 0.1) is 6.92 Å². The van der Waals surface area contributed by atoms with Gasteiger partial charge in [-0.1, -0.05) is 5.16 Å². The van der Waals surface area contributed by atoms with Gasteiger partial charge in [0.1, 0.15) is 0 Å². The number of carbonyl (C=O) groups excluding carboxylic acids is 1. The van der Waals surface area contributed by atoms with E-state index in [0.29, 0.717) is 12.3 Å². The zero-order valence-electron chi connectivity index (χ0n) is 11.4. The third-order valence-corrected chi connectivity index (χ3v) is 4.36. The largest absolute Gasteiger partial charge is 0.351 e. The molecule has 3 heterocycles. The first-order chi connectivity index (χ1) is 9.65. The highest BCUT2D eigenvalue weighted by Crippen LogP contribution is 2.30. The molecule has 0 spiro atoms. The van der Waals surface area contributed by atoms with Crippen molar-refractivity contribution in [2.24, 2.45) is 7.05 Å². The topological polar surface area (TPSA) is 64.2 Å². The van der Waals surface area contributed by atoms with Crippen LogP contribution in [0.1, 0.15) is 27.9 Å². The molecule has 6 nitrogen and oxygen atoms in total. The minimum absolute atomic E-state index is 0.0420. The molecule has 0 N–H and O–H groups in total. The average Bonchev–Trinajstić information content (AvgIpc) is 3.07. The van der Waals surface area contributed by atoms with Crippen LogP contribution < -0.4 is 0 Å². The summed E-state index contributed by atoms with van der Waals surface area (Å²) in [7, 11) is 1.88. The van der Waals surface area contributed by atoms with Crippen LogP contribution in [0.3, 0.4) is 0 Å². The zero-order chi connectivity index (χ0) is 14.1. The molecule has 7 heteroatoms. The van der Waals surface area contributed by atoms with Gasteiger partial charge in [0, 0.05) is 42.9 Å². The minimum Gasteiger partial charge on any atom is -0.351 e. The maximum Gasteiger partial charge on any atom is 0.293 e. The summed E-state index contributed by atoms with van der Waals surface area (Å²) in [5.41, 5.74) is 1.78. The predicted molar refractivity (Wildman–Crippen MR) is 75.6 cm³/mol. The van der Waals surface area contributed by atoms with Crippen molar-refractivity contribution in [3.05, 3.63) is 35.5 Å². The summed E-state index contributed by atoms with van der Waals surface area (Å²) >= 11 is 1.85. The molecule has 0 bridgehead atoms. The van der Waals surface area contributed by atoms with Crippen molar-refractivity contribution >= 4 is 17.7 Å². The average molecular weight is 292 g/mol. The molecule has 1 unspecified atom stereocenters. The first-order valence-electron chi connectivity index (χ1n) is 6.46. The molecule has 1 aliphatic rings. The lowest BCUT2D eigenvalue weighted by Gasteiger charge is -2.34. The second kappa shape index (κ2) is 5.32. The molecule has 1 fully saturated rings. The van der Waals surface area contributed by atoms with Gasteiger partial charge < -0.3 is 9.42 Å². The summed E-state index contributed by atoms with van der Waals surface area (Å²) in [4.78, 5) is 14.4. The van der Waals surface area contributed by atoms with Gasteiger partial charge >= 0.3 is 0 Å². The van der Waals surface area contributed by atoms with Gasteiger partial charge in [0.15, 0.2) is 0 Å². The molecule has 2 aromatic rings. The van der Waals surface area contributed by atoms with E-state index in [9.17, 15) is 4.79 Å². The van der Waals surface area contributed by atoms with E-state index in [4.69, 9.17) is 4.52 Å². The number of amides is 1. The van der Waals surface area contributed by atoms with Crippen LogP contribution >= 0.6 is 11.8 Å². The predicted octanol–water partition coefficient (Wildman–Crippen LogP) is 1.65. The summed E-state index contributed by atoms with van der Waals surface area (Å²) in [6.45, 7) is 2.52. The van der Waals surface area contributed by atoms with Gasteiger partial charge in [0.25, 0.3) is 5.91 Å². The molecule has 2 aromatic heterocycles. The van der Waals surface area contributed by atoms with E-state index in [2.05, 4.69) is 10.3 Å². The fourth-order valence-electron chi connectivity index (χ4n) is 2.34. The van der Waals surface area contributed by atoms with Crippen LogP contribution in [0.4, 0.5) is 0 Å². The van der Waals surface area contributed by atoms with Gasteiger partial charge in [-0.05, 0) is 6.92 Å². The van der Waals surface area contributed by atoms with E-state index in [1.54, 1.807) is 10.7 Å². The standard InChI is InChI=1S/C13H16N4O2S/c1-9-5-12(19-15-9)13(18)17-3-4-20-8-11(17)10-6-14-16(2)7-10/h5-7,11H,3-4,8H2,1-2H3. The van der Waals surface area contributed by atoms with Crippen molar-refractivity contribution < 1.29 is 9.32 Å². The Hall–Kier alpha value is -1.76. The lowest BCUT2D eigenvalue weighted by Crippen LogP contribution is -2.40. The summed E-state index contributed by atoms with van der Waals surface area (Å²) in [5.74, 6) is 2.03. The summed E-state index contributed by atoms with van der Waals surface area (Å²) in [6, 6.07) is 1.73. The van der Waals surface area contributed by atoms with E-state index in [1.807, 2.05) is 43.0 Å². The summed E-state index contributed by atoms with van der Waals surface area (Å²) in [6.07, 6.45) is 3.78. The molecule has 1 aliphatic heterocycles. The molecule has 1 atom stereocenters. The van der Waals surface area contributed by atoms with Crippen molar-refractivity contribution in [1.82, 2.24) is 19.8 Å². The Labute approximate surface area is 121 Å². The molecule has 1 saturated heterocycles. The van der Waals surface area contributed by atoms with E-state index in [-0.39, 0.29) is 11.9 Å². The maximum absolute atomic E-state index is 12.6. The van der Waals surface area contributed by atoms with E-state index < -0.39 is 0 Å². The number of carbonyl (C=O) groups is 1. The molecule has 20 heavy (non-hydrogen) atoms. The second-order valence-corrected chi connectivity index (χ2v) is 6.02. The molecule has 1 amide bonds. The lowest BCUT2D eigenvalue weighted by molar-refractivity contribution is 0.0658. The van der Waals surface area contributed by atoms with Crippen molar-refractivity contribution in [2.45, 2.75) is 13.0 Å². The van der Waals surface area contributed by atoms with Gasteiger partial charge in [-0.25, -0.2) is 0 Å². The Morgan fingerprint density at radius 3 is 3.05 bits per heavy atom. The number of rotatable bonds is 2. The zero-order valence-corrected chi connectivity index (χ0v) is 12.3. The number of hydrogen-bond donors (Lipinski definition) is 0. The van der Waals surface area contributed by atoms with Crippen LogP contribution in [0.2, 0.25) is 0 Å². The SMILES string of the molecule is Cc1cc(C(=O)N2CCSCC2c2cnn(C)c2)on1. The smallest absolute Gasteiger partial charge is 0.293 e. The van der Waals surface area contributed by atoms with Crippen LogP contribution in [0.25, 0.3) is 0 Å². The number of aryl methyl sites for hydroxylation is 2. The molecule has 3 rings (SSSR count). The molecule has 0 aromatic carbocycles. The number of aromatic nitrogens is 3. The minimum atomic E-state index is -0.0975. The molecule has 0 saturated carbocycles. The number of hydrogen-bond acceptors (Lipinski definition) is 5. The molecule has 106 valence electrons. The number of nitrogens with zero attached hydrogens (tertiary/aromatic N) is 4. The highest BCUT2D eigenvalue weighted by atomic mass is 32.2. The van der Waals surface area contributed by atoms with E-state index in [1.165, 1.54) is 0 Å². The van der Waals surface area contributed by atoms with Crippen molar-refractivity contribution in [3.8, 4) is 0 Å². The van der Waals surface area contributed by atoms with Crippen LogP contribution in [-0.4, -0.2) is 43.8 Å². The van der Waals surface area contributed by atoms with Gasteiger partial charge in [0.2, 0.25) is 5.76 Å². The third kappa shape index (κ3) is 2.45. The number of thioether (sulfide) groups is 1. The van der Waals surface area contributed by atoms with Crippen molar-refractivity contribution in [2.75, 3.05) is 18.1 Å². The summed E-state index contributed by atoms with van der Waals surface area (Å²) in [5, 5.41) is 7.99. The Morgan fingerprint density at radius 2 is 2.40 bits per heavy atom. The molecule has 0 radical (unpaired) electrons. The highest BCUT2D eigenvalue weighted by Gasteiger charge is 2.31. The second-order valence-electron chi connectivity index (χ2n) is 4.87. The van der Waals surface area contributed by atoms with Gasteiger partial charge in [-0.15, -0.1) is 0 Å². The monoisotopic (exact) mass is 292 g/mol. The fraction of sp³-hybridized carbons (Fsp3) is 0.462. The maximum atomic E-state index is 12.6. The first kappa shape index (κ1) is 13.2. The fourth-order valence-corrected chi connectivity index (χ4v) is 3.43. The first-order valence-corrected chi connectivity index (χ1v) is 7.61. The normalized spacial score (nSPS) is 19.3. The Kier molecular flexibility index (Phi) is 3.52. The molecule has 0 aliphatic carbocycles. The van der Waals surface area contributed by atoms with Crippen molar-refractivity contribution in [1.29, 1.82) is 0 Å². The highest BCUT2D eigenvalue weighted by molar-refractivity contribution is 7.99. The van der Waals surface area contributed by atoms with Gasteiger partial charge in [-0.3, -0.25) is 9.48 Å². The van der Waals surface area contributed by atoms with Gasteiger partial charge in [0.05, 0.1) is 17.9 Å². The summed E-state index contributed by atoms with van der Waals surface area (Å²) < 4.78 is 6.86.